The molecule has 122 valence electrons. The zero-order chi connectivity index (χ0) is 16.8. The Morgan fingerprint density at radius 3 is 2.70 bits per heavy atom. The van der Waals surface area contributed by atoms with Gasteiger partial charge in [0.15, 0.2) is 0 Å². The predicted molar refractivity (Wildman–Crippen MR) is 88.3 cm³/mol. The summed E-state index contributed by atoms with van der Waals surface area (Å²) in [5, 5.41) is 10.8. The summed E-state index contributed by atoms with van der Waals surface area (Å²) in [6.45, 7) is 0.983. The molecule has 0 aliphatic heterocycles. The molecule has 0 unspecified atom stereocenters. The molecule has 0 atom stereocenters. The molecule has 0 saturated carbocycles. The third kappa shape index (κ3) is 4.08. The first-order valence-electron chi connectivity index (χ1n) is 6.87. The topological polar surface area (TPSA) is 96.7 Å². The normalized spacial score (nSPS) is 11.2. The lowest BCUT2D eigenvalue weighted by atomic mass is 10.3. The maximum Gasteiger partial charge on any atom is 0.335 e. The minimum atomic E-state index is -0.744. The van der Waals surface area contributed by atoms with Gasteiger partial charge < -0.3 is 9.84 Å². The fourth-order valence-electron chi connectivity index (χ4n) is 1.94. The Hall–Kier alpha value is -2.38. The number of H-pyrrole nitrogens is 1. The summed E-state index contributed by atoms with van der Waals surface area (Å²) in [5.74, 6) is -0.475. The van der Waals surface area contributed by atoms with Gasteiger partial charge in [-0.15, -0.1) is 0 Å². The van der Waals surface area contributed by atoms with E-state index in [4.69, 9.17) is 16.3 Å². The second-order valence-electron chi connectivity index (χ2n) is 4.69. The third-order valence-corrected chi connectivity index (χ3v) is 3.31. The van der Waals surface area contributed by atoms with Crippen molar-refractivity contribution in [3.05, 3.63) is 55.7 Å². The molecule has 0 bridgehead atoms. The Balaban J connectivity index is 2.41. The summed E-state index contributed by atoms with van der Waals surface area (Å²) in [6.07, 6.45) is 1.93. The lowest BCUT2D eigenvalue weighted by Gasteiger charge is -2.09. The number of nitrogens with one attached hydrogen (secondary N) is 1. The molecule has 1 aromatic heterocycles. The quantitative estimate of drug-likeness (QED) is 0.614. The van der Waals surface area contributed by atoms with Crippen LogP contribution in [0.1, 0.15) is 12.0 Å². The number of rotatable bonds is 6. The van der Waals surface area contributed by atoms with Gasteiger partial charge >= 0.3 is 5.69 Å². The van der Waals surface area contributed by atoms with Crippen LogP contribution in [0.2, 0.25) is 5.02 Å². The Bertz CT molecular complexity index is 809. The van der Waals surface area contributed by atoms with Crippen LogP contribution in [-0.2, 0) is 4.74 Å². The molecular formula is C15H16ClN3O4. The maximum atomic E-state index is 12.0. The fourth-order valence-corrected chi connectivity index (χ4v) is 2.07. The Labute approximate surface area is 136 Å². The number of aromatic hydroxyl groups is 1. The van der Waals surface area contributed by atoms with E-state index in [0.29, 0.717) is 30.3 Å². The van der Waals surface area contributed by atoms with Crippen LogP contribution in [0.25, 0.3) is 5.69 Å². The van der Waals surface area contributed by atoms with Crippen molar-refractivity contribution in [2.45, 2.75) is 6.42 Å². The second-order valence-corrected chi connectivity index (χ2v) is 5.13. The molecule has 0 aliphatic carbocycles. The van der Waals surface area contributed by atoms with Crippen molar-refractivity contribution < 1.29 is 9.84 Å². The number of benzene rings is 1. The molecule has 0 radical (unpaired) electrons. The number of aliphatic imine (C=N–C) groups is 1. The van der Waals surface area contributed by atoms with Crippen molar-refractivity contribution in [1.29, 1.82) is 0 Å². The van der Waals surface area contributed by atoms with Gasteiger partial charge in [0.05, 0.1) is 5.69 Å². The van der Waals surface area contributed by atoms with E-state index in [-0.39, 0.29) is 5.56 Å². The lowest BCUT2D eigenvalue weighted by Crippen LogP contribution is -2.31. The molecule has 7 nitrogen and oxygen atoms in total. The Morgan fingerprint density at radius 1 is 1.35 bits per heavy atom. The van der Waals surface area contributed by atoms with Crippen molar-refractivity contribution in [3.8, 4) is 11.6 Å². The van der Waals surface area contributed by atoms with Gasteiger partial charge in [-0.05, 0) is 30.7 Å². The van der Waals surface area contributed by atoms with Crippen LogP contribution in [-0.4, -0.2) is 41.1 Å². The van der Waals surface area contributed by atoms with E-state index in [1.54, 1.807) is 31.4 Å². The highest BCUT2D eigenvalue weighted by molar-refractivity contribution is 6.30. The molecule has 0 aliphatic rings. The Kier molecular flexibility index (Phi) is 5.72. The van der Waals surface area contributed by atoms with Crippen molar-refractivity contribution in [3.63, 3.8) is 0 Å². The highest BCUT2D eigenvalue weighted by Crippen LogP contribution is 2.17. The zero-order valence-corrected chi connectivity index (χ0v) is 13.2. The first-order chi connectivity index (χ1) is 11.0. The predicted octanol–water partition coefficient (Wildman–Crippen LogP) is 1.34. The van der Waals surface area contributed by atoms with Crippen LogP contribution in [0, 0.1) is 0 Å². The summed E-state index contributed by atoms with van der Waals surface area (Å²) in [5.41, 5.74) is -1.15. The largest absolute Gasteiger partial charge is 0.493 e. The molecule has 0 spiro atoms. The van der Waals surface area contributed by atoms with Gasteiger partial charge in [0, 0.05) is 31.5 Å². The number of hydrogen-bond acceptors (Lipinski definition) is 5. The summed E-state index contributed by atoms with van der Waals surface area (Å²) >= 11 is 5.81. The van der Waals surface area contributed by atoms with Gasteiger partial charge in [0.1, 0.15) is 5.56 Å². The van der Waals surface area contributed by atoms with Crippen molar-refractivity contribution in [1.82, 2.24) is 9.55 Å². The molecule has 0 fully saturated rings. The molecule has 2 rings (SSSR count). The molecule has 1 heterocycles. The van der Waals surface area contributed by atoms with E-state index in [2.05, 4.69) is 9.98 Å². The van der Waals surface area contributed by atoms with Crippen LogP contribution < -0.4 is 11.2 Å². The number of aromatic amines is 1. The molecule has 1 aromatic carbocycles. The molecule has 0 amide bonds. The van der Waals surface area contributed by atoms with Gasteiger partial charge in [0.25, 0.3) is 5.56 Å². The lowest BCUT2D eigenvalue weighted by molar-refractivity contribution is 0.197. The summed E-state index contributed by atoms with van der Waals surface area (Å²) in [4.78, 5) is 30.0. The van der Waals surface area contributed by atoms with Crippen molar-refractivity contribution >= 4 is 17.8 Å². The molecule has 8 heteroatoms. The smallest absolute Gasteiger partial charge is 0.335 e. The van der Waals surface area contributed by atoms with E-state index in [1.165, 1.54) is 6.21 Å². The van der Waals surface area contributed by atoms with Gasteiger partial charge in [-0.2, -0.15) is 0 Å². The number of halogens is 1. The maximum absolute atomic E-state index is 12.0. The summed E-state index contributed by atoms with van der Waals surface area (Å²) in [7, 11) is 1.59. The van der Waals surface area contributed by atoms with Gasteiger partial charge in [-0.25, -0.2) is 9.36 Å². The van der Waals surface area contributed by atoms with E-state index < -0.39 is 17.1 Å². The molecular weight excluding hydrogens is 322 g/mol. The summed E-state index contributed by atoms with van der Waals surface area (Å²) in [6, 6.07) is 6.27. The van der Waals surface area contributed by atoms with E-state index in [9.17, 15) is 14.7 Å². The second kappa shape index (κ2) is 7.75. The first kappa shape index (κ1) is 17.0. The standard InChI is InChI=1S/C15H16ClN3O4/c1-23-8-2-7-17-9-12-13(20)18-15(22)19(14(12)21)11-5-3-10(16)4-6-11/h3-6,9,21H,2,7-8H2,1H3,(H,18,20,22). The average molecular weight is 338 g/mol. The van der Waals surface area contributed by atoms with Crippen molar-refractivity contribution in [2.24, 2.45) is 4.99 Å². The van der Waals surface area contributed by atoms with Gasteiger partial charge in [-0.3, -0.25) is 14.8 Å². The SMILES string of the molecule is COCCCN=Cc1c(O)n(-c2ccc(Cl)cc2)c(=O)[nH]c1=O. The summed E-state index contributed by atoms with van der Waals surface area (Å²) < 4.78 is 5.88. The first-order valence-corrected chi connectivity index (χ1v) is 7.25. The van der Waals surface area contributed by atoms with Crippen LogP contribution >= 0.6 is 11.6 Å². The van der Waals surface area contributed by atoms with Crippen molar-refractivity contribution in [2.75, 3.05) is 20.3 Å². The van der Waals surface area contributed by atoms with Crippen LogP contribution in [0.5, 0.6) is 5.88 Å². The number of ether oxygens (including phenoxy) is 1. The third-order valence-electron chi connectivity index (χ3n) is 3.06. The monoisotopic (exact) mass is 337 g/mol. The van der Waals surface area contributed by atoms with Gasteiger partial charge in [0.2, 0.25) is 5.88 Å². The minimum absolute atomic E-state index is 0.0861. The molecule has 2 N–H and O–H groups in total. The number of aromatic nitrogens is 2. The molecule has 23 heavy (non-hydrogen) atoms. The fraction of sp³-hybridized carbons (Fsp3) is 0.267. The average Bonchev–Trinajstić information content (AvgIpc) is 2.51. The number of hydrogen-bond donors (Lipinski definition) is 2. The number of methoxy groups -OCH3 is 1. The highest BCUT2D eigenvalue weighted by Gasteiger charge is 2.13. The molecule has 0 saturated heterocycles. The molecule has 2 aromatic rings. The van der Waals surface area contributed by atoms with E-state index >= 15 is 0 Å². The van der Waals surface area contributed by atoms with Crippen LogP contribution in [0.3, 0.4) is 0 Å². The van der Waals surface area contributed by atoms with E-state index in [0.717, 1.165) is 4.57 Å². The van der Waals surface area contributed by atoms with Crippen LogP contribution in [0.15, 0.2) is 38.8 Å². The zero-order valence-electron chi connectivity index (χ0n) is 12.5. The van der Waals surface area contributed by atoms with Crippen LogP contribution in [0.4, 0.5) is 0 Å². The highest BCUT2D eigenvalue weighted by atomic mass is 35.5. The van der Waals surface area contributed by atoms with Gasteiger partial charge in [-0.1, -0.05) is 11.6 Å². The number of nitrogens with zero attached hydrogens (tertiary/aromatic N) is 2. The van der Waals surface area contributed by atoms with E-state index in [1.807, 2.05) is 0 Å². The minimum Gasteiger partial charge on any atom is -0.493 e. The Morgan fingerprint density at radius 2 is 2.04 bits per heavy atom.